The topological polar surface area (TPSA) is 111 Å². The van der Waals surface area contributed by atoms with Gasteiger partial charge in [-0.1, -0.05) is 6.07 Å². The number of benzene rings is 1. The molecule has 0 heterocycles. The summed E-state index contributed by atoms with van der Waals surface area (Å²) in [5.74, 6) is 4.12. The molecular formula is C11H15N3O3. The number of nitrogens with two attached hydrogens (primary N) is 2. The number of hydrogen-bond donors (Lipinski definition) is 4. The SMILES string of the molecule is Cc1ccc(O/C(NN)=C(/N)C(=O)O)cc1C. The summed E-state index contributed by atoms with van der Waals surface area (Å²) in [5.41, 5.74) is 9.06. The summed E-state index contributed by atoms with van der Waals surface area (Å²) in [6, 6.07) is 5.33. The standard InChI is InChI=1S/C11H15N3O3/c1-6-3-4-8(5-7(6)2)17-10(14-13)9(12)11(15)16/h3-5,14H,12-13H2,1-2H3,(H,15,16)/b10-9+. The molecule has 1 aromatic carbocycles. The van der Waals surface area contributed by atoms with E-state index < -0.39 is 11.7 Å². The number of hydrogen-bond acceptors (Lipinski definition) is 5. The van der Waals surface area contributed by atoms with Crippen molar-refractivity contribution in [3.63, 3.8) is 0 Å². The maximum absolute atomic E-state index is 10.7. The third-order valence-corrected chi connectivity index (χ3v) is 2.30. The van der Waals surface area contributed by atoms with Crippen LogP contribution in [0.15, 0.2) is 29.8 Å². The number of aliphatic carboxylic acids is 1. The maximum atomic E-state index is 10.7. The minimum atomic E-state index is -1.30. The fourth-order valence-electron chi connectivity index (χ4n) is 1.15. The zero-order chi connectivity index (χ0) is 13.0. The van der Waals surface area contributed by atoms with Crippen LogP contribution in [-0.4, -0.2) is 11.1 Å². The van der Waals surface area contributed by atoms with Crippen LogP contribution in [0.4, 0.5) is 0 Å². The van der Waals surface area contributed by atoms with Crippen LogP contribution in [0.2, 0.25) is 0 Å². The van der Waals surface area contributed by atoms with E-state index >= 15 is 0 Å². The number of rotatable bonds is 4. The van der Waals surface area contributed by atoms with E-state index in [9.17, 15) is 4.79 Å². The molecule has 0 amide bonds. The van der Waals surface area contributed by atoms with Gasteiger partial charge < -0.3 is 15.6 Å². The van der Waals surface area contributed by atoms with Crippen molar-refractivity contribution in [1.82, 2.24) is 5.43 Å². The van der Waals surface area contributed by atoms with Crippen molar-refractivity contribution < 1.29 is 14.6 Å². The Balaban J connectivity index is 3.00. The minimum absolute atomic E-state index is 0.194. The predicted octanol–water partition coefficient (Wildman–Crippen LogP) is 0.358. The second kappa shape index (κ2) is 5.22. The molecule has 0 atom stereocenters. The predicted molar refractivity (Wildman–Crippen MR) is 62.7 cm³/mol. The lowest BCUT2D eigenvalue weighted by Crippen LogP contribution is -2.31. The van der Waals surface area contributed by atoms with Crippen molar-refractivity contribution in [3.8, 4) is 5.75 Å². The van der Waals surface area contributed by atoms with Crippen LogP contribution < -0.4 is 21.7 Å². The Morgan fingerprint density at radius 2 is 2.00 bits per heavy atom. The van der Waals surface area contributed by atoms with Crippen LogP contribution in [0.1, 0.15) is 11.1 Å². The molecule has 0 fully saturated rings. The van der Waals surface area contributed by atoms with Crippen molar-refractivity contribution in [3.05, 3.63) is 40.9 Å². The smallest absolute Gasteiger partial charge is 0.357 e. The largest absolute Gasteiger partial charge is 0.476 e. The summed E-state index contributed by atoms with van der Waals surface area (Å²) in [5, 5.41) is 8.70. The molecule has 0 aromatic heterocycles. The summed E-state index contributed by atoms with van der Waals surface area (Å²) in [7, 11) is 0. The van der Waals surface area contributed by atoms with Gasteiger partial charge in [0.2, 0.25) is 5.88 Å². The van der Waals surface area contributed by atoms with Crippen molar-refractivity contribution in [2.24, 2.45) is 11.6 Å². The number of carboxylic acid groups (broad SMARTS) is 1. The average molecular weight is 237 g/mol. The molecule has 17 heavy (non-hydrogen) atoms. The van der Waals surface area contributed by atoms with Gasteiger partial charge in [-0.05, 0) is 37.1 Å². The van der Waals surface area contributed by atoms with Crippen LogP contribution in [0.25, 0.3) is 0 Å². The van der Waals surface area contributed by atoms with E-state index in [1.54, 1.807) is 12.1 Å². The highest BCUT2D eigenvalue weighted by Crippen LogP contribution is 2.18. The van der Waals surface area contributed by atoms with Gasteiger partial charge in [0.1, 0.15) is 5.75 Å². The lowest BCUT2D eigenvalue weighted by Gasteiger charge is -2.11. The molecule has 0 aliphatic heterocycles. The number of carboxylic acids is 1. The highest BCUT2D eigenvalue weighted by Gasteiger charge is 2.12. The first kappa shape index (κ1) is 12.9. The molecule has 1 rings (SSSR count). The molecule has 0 radical (unpaired) electrons. The number of aryl methyl sites for hydroxylation is 2. The van der Waals surface area contributed by atoms with E-state index in [4.69, 9.17) is 21.4 Å². The highest BCUT2D eigenvalue weighted by atomic mass is 16.5. The second-order valence-electron chi connectivity index (χ2n) is 3.54. The summed E-state index contributed by atoms with van der Waals surface area (Å²) in [4.78, 5) is 10.7. The normalized spacial score (nSPS) is 11.7. The molecule has 0 saturated heterocycles. The van der Waals surface area contributed by atoms with Gasteiger partial charge in [0.05, 0.1) is 0 Å². The second-order valence-corrected chi connectivity index (χ2v) is 3.54. The Labute approximate surface area is 98.8 Å². The molecule has 6 heteroatoms. The van der Waals surface area contributed by atoms with E-state index in [1.165, 1.54) is 0 Å². The van der Waals surface area contributed by atoms with Gasteiger partial charge in [0, 0.05) is 0 Å². The summed E-state index contributed by atoms with van der Waals surface area (Å²) in [6.45, 7) is 3.88. The fourth-order valence-corrected chi connectivity index (χ4v) is 1.15. The van der Waals surface area contributed by atoms with E-state index in [2.05, 4.69) is 5.43 Å². The van der Waals surface area contributed by atoms with Gasteiger partial charge in [-0.3, -0.25) is 5.43 Å². The Hall–Kier alpha value is -2.21. The molecule has 0 unspecified atom stereocenters. The molecule has 0 aliphatic rings. The summed E-state index contributed by atoms with van der Waals surface area (Å²) >= 11 is 0. The van der Waals surface area contributed by atoms with Gasteiger partial charge in [-0.15, -0.1) is 0 Å². The molecule has 6 nitrogen and oxygen atoms in total. The summed E-state index contributed by atoms with van der Waals surface area (Å²) < 4.78 is 5.26. The van der Waals surface area contributed by atoms with Crippen LogP contribution >= 0.6 is 0 Å². The molecule has 1 aromatic rings. The van der Waals surface area contributed by atoms with E-state index in [1.807, 2.05) is 19.9 Å². The third-order valence-electron chi connectivity index (χ3n) is 2.30. The molecule has 0 aliphatic carbocycles. The molecular weight excluding hydrogens is 222 g/mol. The lowest BCUT2D eigenvalue weighted by molar-refractivity contribution is -0.132. The zero-order valence-corrected chi connectivity index (χ0v) is 9.65. The van der Waals surface area contributed by atoms with Gasteiger partial charge in [-0.2, -0.15) is 0 Å². The van der Waals surface area contributed by atoms with Gasteiger partial charge in [0.15, 0.2) is 5.70 Å². The fraction of sp³-hybridized carbons (Fsp3) is 0.182. The van der Waals surface area contributed by atoms with Crippen LogP contribution in [0, 0.1) is 13.8 Å². The number of carbonyl (C=O) groups is 1. The van der Waals surface area contributed by atoms with Crippen LogP contribution in [0.5, 0.6) is 5.75 Å². The lowest BCUT2D eigenvalue weighted by atomic mass is 10.1. The molecule has 0 bridgehead atoms. The molecule has 0 saturated carbocycles. The van der Waals surface area contributed by atoms with Crippen molar-refractivity contribution >= 4 is 5.97 Å². The first-order chi connectivity index (χ1) is 7.95. The van der Waals surface area contributed by atoms with E-state index in [0.717, 1.165) is 11.1 Å². The highest BCUT2D eigenvalue weighted by molar-refractivity contribution is 5.85. The molecule has 0 spiro atoms. The maximum Gasteiger partial charge on any atom is 0.357 e. The van der Waals surface area contributed by atoms with Gasteiger partial charge in [-0.25, -0.2) is 10.6 Å². The first-order valence-electron chi connectivity index (χ1n) is 4.90. The zero-order valence-electron chi connectivity index (χ0n) is 9.65. The Morgan fingerprint density at radius 1 is 1.35 bits per heavy atom. The summed E-state index contributed by atoms with van der Waals surface area (Å²) in [6.07, 6.45) is 0. The van der Waals surface area contributed by atoms with Crippen molar-refractivity contribution in [2.75, 3.05) is 0 Å². The minimum Gasteiger partial charge on any atom is -0.476 e. The van der Waals surface area contributed by atoms with Crippen molar-refractivity contribution in [1.29, 1.82) is 0 Å². The third kappa shape index (κ3) is 3.12. The first-order valence-corrected chi connectivity index (χ1v) is 4.90. The monoisotopic (exact) mass is 237 g/mol. The quantitative estimate of drug-likeness (QED) is 0.260. The van der Waals surface area contributed by atoms with Gasteiger partial charge in [0.25, 0.3) is 0 Å². The molecule has 92 valence electrons. The van der Waals surface area contributed by atoms with E-state index in [-0.39, 0.29) is 5.88 Å². The number of ether oxygens (including phenoxy) is 1. The molecule has 6 N–H and O–H groups in total. The van der Waals surface area contributed by atoms with Crippen molar-refractivity contribution in [2.45, 2.75) is 13.8 Å². The Bertz CT molecular complexity index is 469. The number of hydrazine groups is 1. The number of nitrogens with one attached hydrogen (secondary N) is 1. The van der Waals surface area contributed by atoms with Gasteiger partial charge >= 0.3 is 5.97 Å². The van der Waals surface area contributed by atoms with E-state index in [0.29, 0.717) is 5.75 Å². The Kier molecular flexibility index (Phi) is 3.95. The van der Waals surface area contributed by atoms with Crippen LogP contribution in [0.3, 0.4) is 0 Å². The Morgan fingerprint density at radius 3 is 2.47 bits per heavy atom. The van der Waals surface area contributed by atoms with Crippen LogP contribution in [-0.2, 0) is 4.79 Å². The average Bonchev–Trinajstić information content (AvgIpc) is 2.29.